The highest BCUT2D eigenvalue weighted by Crippen LogP contribution is 2.28. The fourth-order valence-corrected chi connectivity index (χ4v) is 4.68. The molecule has 4 rings (SSSR count). The summed E-state index contributed by atoms with van der Waals surface area (Å²) in [5.41, 5.74) is 8.81. The van der Waals surface area contributed by atoms with Gasteiger partial charge in [-0.2, -0.15) is 0 Å². The van der Waals surface area contributed by atoms with Crippen molar-refractivity contribution < 1.29 is 14.4 Å². The van der Waals surface area contributed by atoms with Crippen molar-refractivity contribution >= 4 is 17.7 Å². The molecule has 0 aromatic heterocycles. The average Bonchev–Trinajstić information content (AvgIpc) is 2.98. The molecule has 0 bridgehead atoms. The van der Waals surface area contributed by atoms with E-state index in [1.165, 1.54) is 12.8 Å². The lowest BCUT2D eigenvalue weighted by Gasteiger charge is -2.29. The Labute approximate surface area is 165 Å². The number of amides is 3. The second kappa shape index (κ2) is 8.01. The molecule has 2 fully saturated rings. The Morgan fingerprint density at radius 3 is 2.82 bits per heavy atom. The van der Waals surface area contributed by atoms with Crippen molar-refractivity contribution in [2.45, 2.75) is 63.7 Å². The fourth-order valence-electron chi connectivity index (χ4n) is 4.68. The number of nitrogens with two attached hydrogens (primary N) is 1. The van der Waals surface area contributed by atoms with Crippen LogP contribution in [0.4, 0.5) is 0 Å². The van der Waals surface area contributed by atoms with Gasteiger partial charge < -0.3 is 16.0 Å². The molecule has 3 atom stereocenters. The third-order valence-corrected chi connectivity index (χ3v) is 6.17. The summed E-state index contributed by atoms with van der Waals surface area (Å²) in [6.45, 7) is 2.14. The summed E-state index contributed by atoms with van der Waals surface area (Å²) in [6, 6.07) is 5.67. The highest BCUT2D eigenvalue weighted by molar-refractivity contribution is 6.05. The number of piperidine rings is 1. The molecule has 2 aliphatic heterocycles. The molecule has 7 nitrogen and oxygen atoms in total. The lowest BCUT2D eigenvalue weighted by atomic mass is 9.86. The van der Waals surface area contributed by atoms with Crippen LogP contribution >= 0.6 is 0 Å². The molecule has 3 aliphatic rings. The van der Waals surface area contributed by atoms with Crippen LogP contribution in [0.5, 0.6) is 0 Å². The van der Waals surface area contributed by atoms with Gasteiger partial charge in [0.2, 0.25) is 11.8 Å². The molecular formula is C21H28N4O3. The number of carbonyl (C=O) groups is 3. The summed E-state index contributed by atoms with van der Waals surface area (Å²) in [4.78, 5) is 37.8. The van der Waals surface area contributed by atoms with E-state index in [2.05, 4.69) is 16.7 Å². The topological polar surface area (TPSA) is 105 Å². The first-order chi connectivity index (χ1) is 13.5. The molecule has 1 saturated heterocycles. The molecule has 3 amide bonds. The standard InChI is InChI=1S/C21H28N4O3/c22-16-3-1-2-13(9-16)10-23-11-14-4-5-17-15(8-14)12-25(21(17)28)18-6-7-19(26)24-20(18)27/h4-5,8,13,16,18,23H,1-3,6-7,9-12,22H2,(H,24,26,27). The summed E-state index contributed by atoms with van der Waals surface area (Å²) < 4.78 is 0. The molecule has 1 aromatic carbocycles. The van der Waals surface area contributed by atoms with Gasteiger partial charge in [0.05, 0.1) is 0 Å². The zero-order valence-corrected chi connectivity index (χ0v) is 16.1. The Morgan fingerprint density at radius 1 is 1.18 bits per heavy atom. The van der Waals surface area contributed by atoms with Gasteiger partial charge >= 0.3 is 0 Å². The summed E-state index contributed by atoms with van der Waals surface area (Å²) >= 11 is 0. The van der Waals surface area contributed by atoms with Crippen LogP contribution in [0.3, 0.4) is 0 Å². The number of nitrogens with one attached hydrogen (secondary N) is 2. The summed E-state index contributed by atoms with van der Waals surface area (Å²) in [6.07, 6.45) is 5.34. The van der Waals surface area contributed by atoms with Gasteiger partial charge in [-0.05, 0) is 55.3 Å². The molecule has 1 aromatic rings. The van der Waals surface area contributed by atoms with Crippen molar-refractivity contribution in [2.24, 2.45) is 11.7 Å². The van der Waals surface area contributed by atoms with Crippen molar-refractivity contribution in [1.29, 1.82) is 0 Å². The van der Waals surface area contributed by atoms with Crippen LogP contribution in [-0.2, 0) is 22.7 Å². The van der Waals surface area contributed by atoms with Crippen LogP contribution in [0.2, 0.25) is 0 Å². The van der Waals surface area contributed by atoms with E-state index in [0.717, 1.165) is 37.1 Å². The monoisotopic (exact) mass is 384 g/mol. The zero-order valence-electron chi connectivity index (χ0n) is 16.1. The lowest BCUT2D eigenvalue weighted by molar-refractivity contribution is -0.136. The number of rotatable bonds is 5. The third-order valence-electron chi connectivity index (χ3n) is 6.17. The van der Waals surface area contributed by atoms with E-state index in [9.17, 15) is 14.4 Å². The maximum absolute atomic E-state index is 12.7. The van der Waals surface area contributed by atoms with Gasteiger partial charge in [0.25, 0.3) is 5.91 Å². The van der Waals surface area contributed by atoms with E-state index < -0.39 is 6.04 Å². The Balaban J connectivity index is 1.35. The number of nitrogens with zero attached hydrogens (tertiary/aromatic N) is 1. The molecule has 28 heavy (non-hydrogen) atoms. The second-order valence-corrected chi connectivity index (χ2v) is 8.32. The summed E-state index contributed by atoms with van der Waals surface area (Å²) in [5.74, 6) is -0.120. The molecule has 0 radical (unpaired) electrons. The zero-order chi connectivity index (χ0) is 19.7. The number of carbonyl (C=O) groups excluding carboxylic acids is 3. The Kier molecular flexibility index (Phi) is 5.46. The first-order valence-corrected chi connectivity index (χ1v) is 10.2. The van der Waals surface area contributed by atoms with Gasteiger partial charge in [0.1, 0.15) is 6.04 Å². The lowest BCUT2D eigenvalue weighted by Crippen LogP contribution is -2.52. The van der Waals surface area contributed by atoms with Crippen molar-refractivity contribution in [3.05, 3.63) is 34.9 Å². The fraction of sp³-hybridized carbons (Fsp3) is 0.571. The van der Waals surface area contributed by atoms with Crippen LogP contribution < -0.4 is 16.4 Å². The van der Waals surface area contributed by atoms with Gasteiger partial charge in [-0.25, -0.2) is 0 Å². The molecule has 4 N–H and O–H groups in total. The molecular weight excluding hydrogens is 356 g/mol. The largest absolute Gasteiger partial charge is 0.328 e. The molecule has 2 heterocycles. The van der Waals surface area contributed by atoms with Gasteiger partial charge in [-0.15, -0.1) is 0 Å². The second-order valence-electron chi connectivity index (χ2n) is 8.32. The average molecular weight is 384 g/mol. The van der Waals surface area contributed by atoms with Gasteiger partial charge in [0, 0.05) is 31.1 Å². The number of benzene rings is 1. The minimum absolute atomic E-state index is 0.125. The van der Waals surface area contributed by atoms with Crippen molar-refractivity contribution in [3.63, 3.8) is 0 Å². The SMILES string of the molecule is NC1CCCC(CNCc2ccc3c(c2)CN(C2CCC(=O)NC2=O)C3=O)C1. The van der Waals surface area contributed by atoms with E-state index >= 15 is 0 Å². The van der Waals surface area contributed by atoms with E-state index in [4.69, 9.17) is 5.73 Å². The van der Waals surface area contributed by atoms with Crippen molar-refractivity contribution in [3.8, 4) is 0 Å². The Hall–Kier alpha value is -2.25. The smallest absolute Gasteiger partial charge is 0.255 e. The van der Waals surface area contributed by atoms with E-state index in [0.29, 0.717) is 30.5 Å². The van der Waals surface area contributed by atoms with Crippen molar-refractivity contribution in [2.75, 3.05) is 6.54 Å². The first-order valence-electron chi connectivity index (χ1n) is 10.2. The molecule has 1 saturated carbocycles. The molecule has 1 aliphatic carbocycles. The van der Waals surface area contributed by atoms with Crippen molar-refractivity contribution in [1.82, 2.24) is 15.5 Å². The minimum atomic E-state index is -0.560. The highest BCUT2D eigenvalue weighted by atomic mass is 16.2. The van der Waals surface area contributed by atoms with Crippen LogP contribution in [0.25, 0.3) is 0 Å². The van der Waals surface area contributed by atoms with E-state index in [1.807, 2.05) is 12.1 Å². The predicted molar refractivity (Wildman–Crippen MR) is 104 cm³/mol. The number of fused-ring (bicyclic) bond motifs is 1. The number of imide groups is 1. The first kappa shape index (κ1) is 19.1. The molecule has 3 unspecified atom stereocenters. The maximum Gasteiger partial charge on any atom is 0.255 e. The predicted octanol–water partition coefficient (Wildman–Crippen LogP) is 1.05. The van der Waals surface area contributed by atoms with Crippen LogP contribution in [-0.4, -0.2) is 41.2 Å². The summed E-state index contributed by atoms with van der Waals surface area (Å²) in [7, 11) is 0. The Morgan fingerprint density at radius 2 is 2.04 bits per heavy atom. The van der Waals surface area contributed by atoms with Crippen LogP contribution in [0.15, 0.2) is 18.2 Å². The van der Waals surface area contributed by atoms with E-state index in [1.54, 1.807) is 4.90 Å². The van der Waals surface area contributed by atoms with Crippen LogP contribution in [0, 0.1) is 5.92 Å². The summed E-state index contributed by atoms with van der Waals surface area (Å²) in [5, 5.41) is 5.86. The maximum atomic E-state index is 12.7. The molecule has 7 heteroatoms. The minimum Gasteiger partial charge on any atom is -0.328 e. The number of hydrogen-bond acceptors (Lipinski definition) is 5. The molecule has 0 spiro atoms. The van der Waals surface area contributed by atoms with Gasteiger partial charge in [-0.1, -0.05) is 18.6 Å². The Bertz CT molecular complexity index is 794. The number of hydrogen-bond donors (Lipinski definition) is 3. The quantitative estimate of drug-likeness (QED) is 0.659. The third kappa shape index (κ3) is 3.95. The van der Waals surface area contributed by atoms with E-state index in [-0.39, 0.29) is 24.1 Å². The van der Waals surface area contributed by atoms with Gasteiger partial charge in [-0.3, -0.25) is 19.7 Å². The van der Waals surface area contributed by atoms with Gasteiger partial charge in [0.15, 0.2) is 0 Å². The normalized spacial score (nSPS) is 27.7. The highest BCUT2D eigenvalue weighted by Gasteiger charge is 2.39. The van der Waals surface area contributed by atoms with Crippen LogP contribution in [0.1, 0.15) is 60.0 Å². The molecule has 150 valence electrons.